The topological polar surface area (TPSA) is 15.3 Å². The Bertz CT molecular complexity index is 390. The van der Waals surface area contributed by atoms with E-state index >= 15 is 0 Å². The van der Waals surface area contributed by atoms with Crippen LogP contribution in [0.1, 0.15) is 52.0 Å². The van der Waals surface area contributed by atoms with Crippen LogP contribution < -0.4 is 5.32 Å². The molecular formula is C17H28N2. The van der Waals surface area contributed by atoms with E-state index in [1.807, 2.05) is 0 Å². The molecule has 1 saturated heterocycles. The number of nitrogens with zero attached hydrogens (tertiary/aromatic N) is 1. The van der Waals surface area contributed by atoms with Crippen molar-refractivity contribution in [3.8, 4) is 0 Å². The van der Waals surface area contributed by atoms with E-state index in [0.29, 0.717) is 18.0 Å². The Morgan fingerprint density at radius 3 is 2.37 bits per heavy atom. The minimum atomic E-state index is 0.601. The molecular weight excluding hydrogens is 232 g/mol. The van der Waals surface area contributed by atoms with E-state index in [9.17, 15) is 0 Å². The summed E-state index contributed by atoms with van der Waals surface area (Å²) in [7, 11) is 0. The van der Waals surface area contributed by atoms with Crippen LogP contribution in [-0.4, -0.2) is 30.1 Å². The summed E-state index contributed by atoms with van der Waals surface area (Å²) in [4.78, 5) is 2.57. The van der Waals surface area contributed by atoms with Crippen LogP contribution in [0.15, 0.2) is 24.3 Å². The fraction of sp³-hybridized carbons (Fsp3) is 0.647. The number of rotatable bonds is 4. The lowest BCUT2D eigenvalue weighted by Gasteiger charge is -2.35. The molecule has 1 fully saturated rings. The Balaban J connectivity index is 1.90. The summed E-state index contributed by atoms with van der Waals surface area (Å²) in [6, 6.07) is 10.2. The predicted molar refractivity (Wildman–Crippen MR) is 83.9 cm³/mol. The van der Waals surface area contributed by atoms with E-state index in [0.717, 1.165) is 0 Å². The summed E-state index contributed by atoms with van der Waals surface area (Å²) < 4.78 is 0. The third-order valence-electron chi connectivity index (χ3n) is 4.18. The standard InChI is InChI=1S/C17H28N2/c1-13(2)15-6-5-7-17(12-15)18-16-8-10-19(11-9-16)14(3)4/h5-7,12-14,16,18H,8-11H2,1-4H3. The monoisotopic (exact) mass is 260 g/mol. The van der Waals surface area contributed by atoms with Gasteiger partial charge in [-0.25, -0.2) is 0 Å². The molecule has 1 heterocycles. The van der Waals surface area contributed by atoms with Crippen molar-refractivity contribution in [2.45, 2.75) is 58.5 Å². The zero-order valence-electron chi connectivity index (χ0n) is 12.8. The van der Waals surface area contributed by atoms with Crippen molar-refractivity contribution in [1.82, 2.24) is 4.90 Å². The maximum absolute atomic E-state index is 3.71. The average Bonchev–Trinajstić information content (AvgIpc) is 2.39. The molecule has 1 aromatic carbocycles. The van der Waals surface area contributed by atoms with Crippen molar-refractivity contribution in [2.24, 2.45) is 0 Å². The highest BCUT2D eigenvalue weighted by Crippen LogP contribution is 2.22. The van der Waals surface area contributed by atoms with Crippen molar-refractivity contribution in [3.05, 3.63) is 29.8 Å². The molecule has 2 heteroatoms. The molecule has 0 unspecified atom stereocenters. The molecule has 1 aliphatic heterocycles. The largest absolute Gasteiger partial charge is 0.382 e. The van der Waals surface area contributed by atoms with Crippen molar-refractivity contribution in [2.75, 3.05) is 18.4 Å². The molecule has 0 aromatic heterocycles. The van der Waals surface area contributed by atoms with Gasteiger partial charge in [-0.15, -0.1) is 0 Å². The van der Waals surface area contributed by atoms with Crippen LogP contribution in [0, 0.1) is 0 Å². The molecule has 1 aliphatic rings. The Morgan fingerprint density at radius 2 is 1.79 bits per heavy atom. The zero-order valence-corrected chi connectivity index (χ0v) is 12.8. The molecule has 1 N–H and O–H groups in total. The molecule has 0 amide bonds. The number of piperidine rings is 1. The Hall–Kier alpha value is -1.02. The highest BCUT2D eigenvalue weighted by molar-refractivity contribution is 5.47. The summed E-state index contributed by atoms with van der Waals surface area (Å²) in [6.45, 7) is 11.5. The average molecular weight is 260 g/mol. The normalized spacial score (nSPS) is 18.2. The van der Waals surface area contributed by atoms with Crippen molar-refractivity contribution < 1.29 is 0 Å². The van der Waals surface area contributed by atoms with Crippen LogP contribution in [0.5, 0.6) is 0 Å². The molecule has 1 aromatic rings. The molecule has 2 rings (SSSR count). The van der Waals surface area contributed by atoms with Crippen LogP contribution >= 0.6 is 0 Å². The van der Waals surface area contributed by atoms with E-state index in [1.165, 1.54) is 37.2 Å². The van der Waals surface area contributed by atoms with Crippen molar-refractivity contribution >= 4 is 5.69 Å². The van der Waals surface area contributed by atoms with E-state index in [4.69, 9.17) is 0 Å². The number of nitrogens with one attached hydrogen (secondary N) is 1. The van der Waals surface area contributed by atoms with Crippen LogP contribution in [0.4, 0.5) is 5.69 Å². The third kappa shape index (κ3) is 3.97. The zero-order chi connectivity index (χ0) is 13.8. The smallest absolute Gasteiger partial charge is 0.0345 e. The Kier molecular flexibility index (Phi) is 4.87. The van der Waals surface area contributed by atoms with Gasteiger partial charge < -0.3 is 10.2 Å². The highest BCUT2D eigenvalue weighted by Gasteiger charge is 2.20. The van der Waals surface area contributed by atoms with Crippen molar-refractivity contribution in [1.29, 1.82) is 0 Å². The van der Waals surface area contributed by atoms with Crippen LogP contribution in [0.2, 0.25) is 0 Å². The number of benzene rings is 1. The van der Waals surface area contributed by atoms with Gasteiger partial charge in [0.15, 0.2) is 0 Å². The molecule has 0 saturated carbocycles. The van der Waals surface area contributed by atoms with E-state index in [2.05, 4.69) is 62.2 Å². The molecule has 19 heavy (non-hydrogen) atoms. The van der Waals surface area contributed by atoms with Gasteiger partial charge in [-0.1, -0.05) is 26.0 Å². The predicted octanol–water partition coefficient (Wildman–Crippen LogP) is 4.09. The summed E-state index contributed by atoms with van der Waals surface area (Å²) >= 11 is 0. The molecule has 2 nitrogen and oxygen atoms in total. The van der Waals surface area contributed by atoms with Gasteiger partial charge in [0.1, 0.15) is 0 Å². The first-order valence-electron chi connectivity index (χ1n) is 7.67. The molecule has 0 spiro atoms. The Morgan fingerprint density at radius 1 is 1.11 bits per heavy atom. The maximum atomic E-state index is 3.71. The van der Waals surface area contributed by atoms with E-state index in [-0.39, 0.29) is 0 Å². The molecule has 0 aliphatic carbocycles. The van der Waals surface area contributed by atoms with Crippen LogP contribution in [0.3, 0.4) is 0 Å². The maximum Gasteiger partial charge on any atom is 0.0345 e. The minimum Gasteiger partial charge on any atom is -0.382 e. The number of likely N-dealkylation sites (tertiary alicyclic amines) is 1. The van der Waals surface area contributed by atoms with Crippen LogP contribution in [-0.2, 0) is 0 Å². The minimum absolute atomic E-state index is 0.601. The molecule has 0 radical (unpaired) electrons. The van der Waals surface area contributed by atoms with Gasteiger partial charge in [0.05, 0.1) is 0 Å². The molecule has 106 valence electrons. The number of anilines is 1. The van der Waals surface area contributed by atoms with E-state index in [1.54, 1.807) is 0 Å². The highest BCUT2D eigenvalue weighted by atomic mass is 15.2. The molecule has 0 atom stereocenters. The lowest BCUT2D eigenvalue weighted by Crippen LogP contribution is -2.42. The number of hydrogen-bond donors (Lipinski definition) is 1. The fourth-order valence-corrected chi connectivity index (χ4v) is 2.78. The first kappa shape index (κ1) is 14.4. The lowest BCUT2D eigenvalue weighted by molar-refractivity contribution is 0.177. The second-order valence-electron chi connectivity index (χ2n) is 6.33. The summed E-state index contributed by atoms with van der Waals surface area (Å²) in [5.41, 5.74) is 2.71. The summed E-state index contributed by atoms with van der Waals surface area (Å²) in [5, 5.41) is 3.71. The van der Waals surface area contributed by atoms with Gasteiger partial charge in [-0.2, -0.15) is 0 Å². The third-order valence-corrected chi connectivity index (χ3v) is 4.18. The summed E-state index contributed by atoms with van der Waals surface area (Å²) in [6.07, 6.45) is 2.51. The quantitative estimate of drug-likeness (QED) is 0.877. The van der Waals surface area contributed by atoms with Gasteiger partial charge in [0.25, 0.3) is 0 Å². The van der Waals surface area contributed by atoms with Gasteiger partial charge in [-0.3, -0.25) is 0 Å². The van der Waals surface area contributed by atoms with Crippen molar-refractivity contribution in [3.63, 3.8) is 0 Å². The SMILES string of the molecule is CC(C)c1cccc(NC2CCN(C(C)C)CC2)c1. The molecule has 0 bridgehead atoms. The van der Waals surface area contributed by atoms with Gasteiger partial charge in [0.2, 0.25) is 0 Å². The van der Waals surface area contributed by atoms with E-state index < -0.39 is 0 Å². The first-order valence-corrected chi connectivity index (χ1v) is 7.67. The second kappa shape index (κ2) is 6.42. The summed E-state index contributed by atoms with van der Waals surface area (Å²) in [5.74, 6) is 0.601. The lowest BCUT2D eigenvalue weighted by atomic mass is 10.0. The fourth-order valence-electron chi connectivity index (χ4n) is 2.78. The first-order chi connectivity index (χ1) is 9.06. The van der Waals surface area contributed by atoms with Gasteiger partial charge >= 0.3 is 0 Å². The van der Waals surface area contributed by atoms with Gasteiger partial charge in [0, 0.05) is 30.9 Å². The number of hydrogen-bond acceptors (Lipinski definition) is 2. The van der Waals surface area contributed by atoms with Gasteiger partial charge in [-0.05, 0) is 50.3 Å². The Labute approximate surface area is 118 Å². The van der Waals surface area contributed by atoms with Crippen LogP contribution in [0.25, 0.3) is 0 Å². The second-order valence-corrected chi connectivity index (χ2v) is 6.33.